The molecular formula is C32H43NO9S. The molecule has 3 saturated heterocycles. The number of amides is 1. The van der Waals surface area contributed by atoms with E-state index in [-0.39, 0.29) is 70.9 Å². The van der Waals surface area contributed by atoms with Crippen LogP contribution in [0.25, 0.3) is 0 Å². The van der Waals surface area contributed by atoms with Crippen LogP contribution in [0, 0.1) is 39.9 Å². The number of rotatable bonds is 3. The third-order valence-electron chi connectivity index (χ3n) is 13.6. The van der Waals surface area contributed by atoms with Gasteiger partial charge < -0.3 is 39.3 Å². The van der Waals surface area contributed by atoms with E-state index in [1.165, 1.54) is 18.0 Å². The second-order valence-electron chi connectivity index (χ2n) is 15.0. The van der Waals surface area contributed by atoms with Crippen LogP contribution in [0.1, 0.15) is 71.6 Å². The van der Waals surface area contributed by atoms with Gasteiger partial charge in [-0.05, 0) is 93.0 Å². The predicted octanol–water partition coefficient (Wildman–Crippen LogP) is 2.45. The highest BCUT2D eigenvalue weighted by Crippen LogP contribution is 2.73. The molecule has 4 aliphatic heterocycles. The van der Waals surface area contributed by atoms with E-state index in [1.54, 1.807) is 6.08 Å². The Morgan fingerprint density at radius 2 is 1.93 bits per heavy atom. The summed E-state index contributed by atoms with van der Waals surface area (Å²) in [5.74, 6) is -1.56. The number of esters is 1. The van der Waals surface area contributed by atoms with Gasteiger partial charge in [0.2, 0.25) is 12.2 Å². The van der Waals surface area contributed by atoms with Crippen LogP contribution in [-0.2, 0) is 33.3 Å². The van der Waals surface area contributed by atoms with Gasteiger partial charge in [0.1, 0.15) is 17.8 Å². The first-order valence-corrected chi connectivity index (χ1v) is 17.1. The Morgan fingerprint density at radius 1 is 1.09 bits per heavy atom. The van der Waals surface area contributed by atoms with E-state index in [4.69, 9.17) is 18.9 Å². The maximum atomic E-state index is 13.4. The van der Waals surface area contributed by atoms with Gasteiger partial charge in [-0.25, -0.2) is 4.79 Å². The summed E-state index contributed by atoms with van der Waals surface area (Å²) in [6, 6.07) is 0. The maximum absolute atomic E-state index is 13.4. The fourth-order valence-corrected chi connectivity index (χ4v) is 13.0. The second kappa shape index (κ2) is 9.51. The number of nitrogens with one attached hydrogen (secondary N) is 1. The summed E-state index contributed by atoms with van der Waals surface area (Å²) in [7, 11) is 0. The largest absolute Gasteiger partial charge is 0.458 e. The zero-order chi connectivity index (χ0) is 30.0. The Bertz CT molecular complexity index is 1280. The molecule has 236 valence electrons. The molecule has 4 aliphatic carbocycles. The minimum atomic E-state index is -1.88. The number of aldehydes is 1. The molecule has 0 aromatic carbocycles. The Kier molecular flexibility index (Phi) is 6.40. The Morgan fingerprint density at radius 3 is 2.63 bits per heavy atom. The van der Waals surface area contributed by atoms with Crippen molar-refractivity contribution < 1.29 is 43.5 Å². The first-order valence-electron chi connectivity index (χ1n) is 16.1. The van der Waals surface area contributed by atoms with Crippen LogP contribution in [0.15, 0.2) is 11.6 Å². The molecule has 8 aliphatic rings. The lowest BCUT2D eigenvalue weighted by Crippen LogP contribution is -2.76. The molecular weight excluding hydrogens is 574 g/mol. The highest BCUT2D eigenvalue weighted by molar-refractivity contribution is 8.01. The lowest BCUT2D eigenvalue weighted by atomic mass is 9.40. The molecule has 13 atom stereocenters. The molecule has 1 spiro atoms. The van der Waals surface area contributed by atoms with Crippen LogP contribution in [0.5, 0.6) is 0 Å². The van der Waals surface area contributed by atoms with Crippen LogP contribution in [0.4, 0.5) is 0 Å². The van der Waals surface area contributed by atoms with E-state index in [1.807, 2.05) is 6.92 Å². The second-order valence-corrected chi connectivity index (χ2v) is 16.3. The maximum Gasteiger partial charge on any atom is 0.331 e. The van der Waals surface area contributed by atoms with Crippen LogP contribution in [-0.4, -0.2) is 82.6 Å². The van der Waals surface area contributed by atoms with Gasteiger partial charge in [0.15, 0.2) is 0 Å². The molecule has 43 heavy (non-hydrogen) atoms. The van der Waals surface area contributed by atoms with Gasteiger partial charge >= 0.3 is 5.97 Å². The molecule has 0 aromatic rings. The van der Waals surface area contributed by atoms with Gasteiger partial charge in [-0.1, -0.05) is 6.92 Å². The molecule has 3 N–H and O–H groups in total. The number of fused-ring (bicyclic) bond motifs is 8. The summed E-state index contributed by atoms with van der Waals surface area (Å²) in [5.41, 5.74) is -0.151. The molecule has 1 amide bonds. The molecule has 13 unspecified atom stereocenters. The van der Waals surface area contributed by atoms with E-state index in [0.29, 0.717) is 25.9 Å². The van der Waals surface area contributed by atoms with Crippen LogP contribution in [0.3, 0.4) is 0 Å². The van der Waals surface area contributed by atoms with Crippen molar-refractivity contribution in [3.63, 3.8) is 0 Å². The topological polar surface area (TPSA) is 141 Å². The summed E-state index contributed by atoms with van der Waals surface area (Å²) < 4.78 is 24.5. The number of hydrogen-bond acceptors (Lipinski definition) is 10. The van der Waals surface area contributed by atoms with Crippen molar-refractivity contribution in [2.24, 2.45) is 39.9 Å². The number of aliphatic hydroxyl groups is 2. The fourth-order valence-electron chi connectivity index (χ4n) is 11.7. The third kappa shape index (κ3) is 3.64. The van der Waals surface area contributed by atoms with Crippen molar-refractivity contribution in [1.82, 2.24) is 5.32 Å². The van der Waals surface area contributed by atoms with E-state index >= 15 is 0 Å². The normalized spacial score (nSPS) is 55.3. The summed E-state index contributed by atoms with van der Waals surface area (Å²) in [6.07, 6.45) is 7.45. The smallest absolute Gasteiger partial charge is 0.331 e. The minimum absolute atomic E-state index is 0.0604. The van der Waals surface area contributed by atoms with Gasteiger partial charge in [0, 0.05) is 29.9 Å². The lowest BCUT2D eigenvalue weighted by molar-refractivity contribution is -0.447. The number of carbonyl (C=O) groups excluding carboxylic acids is 3. The van der Waals surface area contributed by atoms with Crippen LogP contribution >= 0.6 is 11.8 Å². The zero-order valence-corrected chi connectivity index (χ0v) is 25.7. The first kappa shape index (κ1) is 28.9. The monoisotopic (exact) mass is 617 g/mol. The van der Waals surface area contributed by atoms with E-state index in [9.17, 15) is 24.6 Å². The van der Waals surface area contributed by atoms with Crippen molar-refractivity contribution in [3.05, 3.63) is 11.6 Å². The van der Waals surface area contributed by atoms with Crippen LogP contribution < -0.4 is 5.32 Å². The van der Waals surface area contributed by atoms with Gasteiger partial charge in [-0.2, -0.15) is 0 Å². The molecule has 11 heteroatoms. The summed E-state index contributed by atoms with van der Waals surface area (Å²) in [6.45, 7) is 4.60. The van der Waals surface area contributed by atoms with Crippen molar-refractivity contribution in [3.8, 4) is 0 Å². The SMILES string of the molecule is CC1CC2(NC(=O)CS2)C2(O)OC3CC4(C=O)C(CCC5C4CCC4(C)C(C6=CC(=O)OC6)CCC54CO)CC3OC2O1. The van der Waals surface area contributed by atoms with Crippen molar-refractivity contribution in [1.29, 1.82) is 0 Å². The molecule has 8 rings (SSSR count). The van der Waals surface area contributed by atoms with E-state index in [0.717, 1.165) is 44.1 Å². The number of thioether (sulfide) groups is 1. The van der Waals surface area contributed by atoms with Gasteiger partial charge in [0.25, 0.3) is 5.79 Å². The Balaban J connectivity index is 1.11. The summed E-state index contributed by atoms with van der Waals surface area (Å²) in [4.78, 5) is 36.7. The first-order chi connectivity index (χ1) is 20.5. The van der Waals surface area contributed by atoms with E-state index in [2.05, 4.69) is 12.2 Å². The zero-order valence-electron chi connectivity index (χ0n) is 24.9. The highest BCUT2D eigenvalue weighted by atomic mass is 32.2. The molecule has 4 saturated carbocycles. The van der Waals surface area contributed by atoms with E-state index < -0.39 is 28.5 Å². The van der Waals surface area contributed by atoms with Gasteiger partial charge in [-0.15, -0.1) is 11.8 Å². The standard InChI is InChI=1S/C32H43NO9S/c1-17-11-31(33-25(36)14-43-31)32(38)27(40-17)41-23-10-19-3-4-22-21(29(19,15-34)12-24(23)42-32)5-7-28(2)20(6-8-30(22,28)16-35)18-9-26(37)39-13-18/h9,15,17,19-24,27,35,38H,3-8,10-14,16H2,1-2H3,(H,33,36). The van der Waals surface area contributed by atoms with Crippen molar-refractivity contribution in [2.45, 2.75) is 107 Å². The quantitative estimate of drug-likeness (QED) is 0.246. The minimum Gasteiger partial charge on any atom is -0.458 e. The highest BCUT2D eigenvalue weighted by Gasteiger charge is 2.73. The molecule has 0 bridgehead atoms. The average molecular weight is 618 g/mol. The number of aliphatic hydroxyl groups excluding tert-OH is 1. The molecule has 7 fully saturated rings. The number of ether oxygens (including phenoxy) is 4. The molecule has 0 aromatic heterocycles. The summed E-state index contributed by atoms with van der Waals surface area (Å²) >= 11 is 1.34. The molecule has 4 heterocycles. The molecule has 10 nitrogen and oxygen atoms in total. The predicted molar refractivity (Wildman–Crippen MR) is 153 cm³/mol. The number of hydrogen-bond donors (Lipinski definition) is 3. The van der Waals surface area contributed by atoms with Gasteiger partial charge in [0.05, 0.1) is 24.1 Å². The summed E-state index contributed by atoms with van der Waals surface area (Å²) in [5, 5.41) is 26.3. The van der Waals surface area contributed by atoms with Crippen LogP contribution in [0.2, 0.25) is 0 Å². The van der Waals surface area contributed by atoms with Gasteiger partial charge in [-0.3, -0.25) is 4.79 Å². The number of carbonyl (C=O) groups is 3. The van der Waals surface area contributed by atoms with Crippen molar-refractivity contribution >= 4 is 29.9 Å². The Labute approximate surface area is 256 Å². The molecule has 0 radical (unpaired) electrons. The Hall–Kier alpha value is -1.50. The average Bonchev–Trinajstić information content (AvgIpc) is 3.66. The number of cyclic esters (lactones) is 1. The lowest BCUT2D eigenvalue weighted by Gasteiger charge is -2.66. The third-order valence-corrected chi connectivity index (χ3v) is 15.1. The fraction of sp³-hybridized carbons (Fsp3) is 0.844. The van der Waals surface area contributed by atoms with Crippen molar-refractivity contribution in [2.75, 3.05) is 19.0 Å².